The maximum Gasteiger partial charge on any atom is 0.191 e. The summed E-state index contributed by atoms with van der Waals surface area (Å²) in [4.78, 5) is 8.58. The molecule has 2 aromatic rings. The van der Waals surface area contributed by atoms with Crippen molar-refractivity contribution < 1.29 is 14.6 Å². The highest BCUT2D eigenvalue weighted by atomic mass is 16.5. The lowest BCUT2D eigenvalue weighted by atomic mass is 9.84. The van der Waals surface area contributed by atoms with E-state index in [1.54, 1.807) is 13.2 Å². The third-order valence-corrected chi connectivity index (χ3v) is 5.15. The zero-order valence-electron chi connectivity index (χ0n) is 16.9. The van der Waals surface area contributed by atoms with Gasteiger partial charge in [-0.2, -0.15) is 0 Å². The van der Waals surface area contributed by atoms with Crippen LogP contribution in [0.2, 0.25) is 0 Å². The van der Waals surface area contributed by atoms with Gasteiger partial charge in [0.15, 0.2) is 5.96 Å². The molecule has 1 aromatic carbocycles. The second-order valence-electron chi connectivity index (χ2n) is 7.31. The number of nitrogens with one attached hydrogen (secondary N) is 2. The number of benzene rings is 1. The molecule has 3 N–H and O–H groups in total. The second-order valence-corrected chi connectivity index (χ2v) is 7.31. The second kappa shape index (κ2) is 10.8. The van der Waals surface area contributed by atoms with Gasteiger partial charge in [0.2, 0.25) is 0 Å². The van der Waals surface area contributed by atoms with E-state index in [1.165, 1.54) is 0 Å². The summed E-state index contributed by atoms with van der Waals surface area (Å²) in [6, 6.07) is 13.8. The summed E-state index contributed by atoms with van der Waals surface area (Å²) in [5, 5.41) is 16.1. The summed E-state index contributed by atoms with van der Waals surface area (Å²) in [5.41, 5.74) is 1.97. The molecule has 0 bridgehead atoms. The molecule has 0 saturated carbocycles. The third kappa shape index (κ3) is 6.44. The zero-order chi connectivity index (χ0) is 20.4. The lowest BCUT2D eigenvalue weighted by Gasteiger charge is -2.27. The molecule has 0 radical (unpaired) electrons. The highest BCUT2D eigenvalue weighted by Crippen LogP contribution is 2.31. The Labute approximate surface area is 172 Å². The number of hydrogen-bond acceptors (Lipinski definition) is 5. The van der Waals surface area contributed by atoms with Crippen LogP contribution in [0.5, 0.6) is 5.75 Å². The molecule has 1 unspecified atom stereocenters. The van der Waals surface area contributed by atoms with Crippen molar-refractivity contribution in [1.29, 1.82) is 0 Å². The van der Waals surface area contributed by atoms with Gasteiger partial charge in [0, 0.05) is 45.0 Å². The fourth-order valence-corrected chi connectivity index (χ4v) is 3.38. The topological polar surface area (TPSA) is 88.0 Å². The highest BCUT2D eigenvalue weighted by Gasteiger charge is 2.34. The SMILES string of the molecule is CN=C(NCc1cccc(OCc2ccccn2)c1)NCC1(CCO)CCOC1. The van der Waals surface area contributed by atoms with Crippen LogP contribution in [0.15, 0.2) is 53.7 Å². The van der Waals surface area contributed by atoms with Crippen LogP contribution in [0.3, 0.4) is 0 Å². The van der Waals surface area contributed by atoms with Crippen LogP contribution in [0.25, 0.3) is 0 Å². The number of aliphatic hydroxyl groups excluding tert-OH is 1. The van der Waals surface area contributed by atoms with E-state index in [4.69, 9.17) is 9.47 Å². The van der Waals surface area contributed by atoms with Gasteiger partial charge in [-0.15, -0.1) is 0 Å². The number of pyridine rings is 1. The molecule has 0 aliphatic carbocycles. The van der Waals surface area contributed by atoms with Crippen molar-refractivity contribution in [2.24, 2.45) is 10.4 Å². The van der Waals surface area contributed by atoms with E-state index in [0.717, 1.165) is 49.0 Å². The Morgan fingerprint density at radius 1 is 1.28 bits per heavy atom. The number of aliphatic imine (C=N–C) groups is 1. The van der Waals surface area contributed by atoms with Crippen LogP contribution in [0, 0.1) is 5.41 Å². The Kier molecular flexibility index (Phi) is 7.84. The first-order chi connectivity index (χ1) is 14.2. The predicted molar refractivity (Wildman–Crippen MR) is 113 cm³/mol. The number of aromatic nitrogens is 1. The van der Waals surface area contributed by atoms with E-state index in [1.807, 2.05) is 42.5 Å². The van der Waals surface area contributed by atoms with E-state index in [2.05, 4.69) is 20.6 Å². The van der Waals surface area contributed by atoms with E-state index in [9.17, 15) is 5.11 Å². The number of nitrogens with zero attached hydrogens (tertiary/aromatic N) is 2. The van der Waals surface area contributed by atoms with Gasteiger partial charge in [-0.3, -0.25) is 9.98 Å². The van der Waals surface area contributed by atoms with Gasteiger partial charge >= 0.3 is 0 Å². The molecular weight excluding hydrogens is 368 g/mol. The van der Waals surface area contributed by atoms with Crippen molar-refractivity contribution in [3.05, 3.63) is 59.9 Å². The Morgan fingerprint density at radius 3 is 2.93 bits per heavy atom. The third-order valence-electron chi connectivity index (χ3n) is 5.15. The Morgan fingerprint density at radius 2 is 2.21 bits per heavy atom. The largest absolute Gasteiger partial charge is 0.487 e. The van der Waals surface area contributed by atoms with Crippen molar-refractivity contribution in [2.75, 3.05) is 33.4 Å². The fraction of sp³-hybridized carbons (Fsp3) is 0.455. The molecule has 1 aliphatic rings. The Balaban J connectivity index is 1.49. The summed E-state index contributed by atoms with van der Waals surface area (Å²) in [7, 11) is 1.76. The first-order valence-corrected chi connectivity index (χ1v) is 9.98. The molecule has 0 spiro atoms. The minimum atomic E-state index is -0.0222. The van der Waals surface area contributed by atoms with Crippen LogP contribution in [-0.2, 0) is 17.9 Å². The summed E-state index contributed by atoms with van der Waals surface area (Å²) in [6.07, 6.45) is 3.44. The van der Waals surface area contributed by atoms with Gasteiger partial charge in [-0.1, -0.05) is 18.2 Å². The molecule has 1 aromatic heterocycles. The molecule has 7 nitrogen and oxygen atoms in total. The van der Waals surface area contributed by atoms with Crippen LogP contribution in [-0.4, -0.2) is 49.5 Å². The van der Waals surface area contributed by atoms with Crippen LogP contribution < -0.4 is 15.4 Å². The van der Waals surface area contributed by atoms with Gasteiger partial charge in [0.25, 0.3) is 0 Å². The molecule has 29 heavy (non-hydrogen) atoms. The smallest absolute Gasteiger partial charge is 0.191 e. The van der Waals surface area contributed by atoms with Gasteiger partial charge in [0.05, 0.1) is 12.3 Å². The number of hydrogen-bond donors (Lipinski definition) is 3. The van der Waals surface area contributed by atoms with Crippen molar-refractivity contribution >= 4 is 5.96 Å². The quantitative estimate of drug-likeness (QED) is 0.443. The lowest BCUT2D eigenvalue weighted by Crippen LogP contribution is -2.44. The monoisotopic (exact) mass is 398 g/mol. The summed E-state index contributed by atoms with van der Waals surface area (Å²) >= 11 is 0. The average molecular weight is 399 g/mol. The molecular formula is C22H30N4O3. The predicted octanol–water partition coefficient (Wildman–Crippen LogP) is 2.11. The maximum atomic E-state index is 9.36. The molecule has 156 valence electrons. The number of guanidine groups is 1. The van der Waals surface area contributed by atoms with Crippen LogP contribution >= 0.6 is 0 Å². The summed E-state index contributed by atoms with van der Waals surface area (Å²) in [6.45, 7) is 3.38. The average Bonchev–Trinajstić information content (AvgIpc) is 3.22. The van der Waals surface area contributed by atoms with Crippen molar-refractivity contribution in [3.63, 3.8) is 0 Å². The summed E-state index contributed by atoms with van der Waals surface area (Å²) < 4.78 is 11.4. The fourth-order valence-electron chi connectivity index (χ4n) is 3.38. The molecule has 1 aliphatic heterocycles. The van der Waals surface area contributed by atoms with E-state index in [-0.39, 0.29) is 12.0 Å². The van der Waals surface area contributed by atoms with Gasteiger partial charge < -0.3 is 25.2 Å². The van der Waals surface area contributed by atoms with Crippen LogP contribution in [0.4, 0.5) is 0 Å². The minimum Gasteiger partial charge on any atom is -0.487 e. The number of aliphatic hydroxyl groups is 1. The number of rotatable bonds is 9. The normalized spacial score (nSPS) is 19.2. The lowest BCUT2D eigenvalue weighted by molar-refractivity contribution is 0.127. The van der Waals surface area contributed by atoms with Crippen molar-refractivity contribution in [3.8, 4) is 5.75 Å². The summed E-state index contributed by atoms with van der Waals surface area (Å²) in [5.74, 6) is 1.54. The first kappa shape index (κ1) is 21.1. The standard InChI is InChI=1S/C22H30N4O3/c1-23-21(26-16-22(8-11-27)9-12-28-17-22)25-14-18-5-4-7-20(13-18)29-15-19-6-2-3-10-24-19/h2-7,10,13,27H,8-9,11-12,14-17H2,1H3,(H2,23,25,26). The van der Waals surface area contributed by atoms with E-state index in [0.29, 0.717) is 19.8 Å². The molecule has 7 heteroatoms. The first-order valence-electron chi connectivity index (χ1n) is 9.98. The molecule has 1 saturated heterocycles. The molecule has 1 atom stereocenters. The molecule has 2 heterocycles. The molecule has 1 fully saturated rings. The van der Waals surface area contributed by atoms with Gasteiger partial charge in [-0.05, 0) is 42.7 Å². The Bertz CT molecular complexity index is 777. The maximum absolute atomic E-state index is 9.36. The number of ether oxygens (including phenoxy) is 2. The van der Waals surface area contributed by atoms with E-state index >= 15 is 0 Å². The minimum absolute atomic E-state index is 0.0222. The zero-order valence-corrected chi connectivity index (χ0v) is 16.9. The van der Waals surface area contributed by atoms with Gasteiger partial charge in [-0.25, -0.2) is 0 Å². The highest BCUT2D eigenvalue weighted by molar-refractivity contribution is 5.79. The Hall–Kier alpha value is -2.64. The van der Waals surface area contributed by atoms with Crippen molar-refractivity contribution in [1.82, 2.24) is 15.6 Å². The van der Waals surface area contributed by atoms with Gasteiger partial charge in [0.1, 0.15) is 12.4 Å². The van der Waals surface area contributed by atoms with Crippen LogP contribution in [0.1, 0.15) is 24.1 Å². The molecule has 3 rings (SSSR count). The van der Waals surface area contributed by atoms with E-state index < -0.39 is 0 Å². The van der Waals surface area contributed by atoms with Crippen molar-refractivity contribution in [2.45, 2.75) is 26.0 Å². The molecule has 0 amide bonds.